The first-order valence-electron chi connectivity index (χ1n) is 9.18. The van der Waals surface area contributed by atoms with Crippen LogP contribution in [-0.4, -0.2) is 58.1 Å². The minimum Gasteiger partial charge on any atom is -0.534 e. The first-order chi connectivity index (χ1) is 14.3. The van der Waals surface area contributed by atoms with Crippen molar-refractivity contribution >= 4 is 35.5 Å². The van der Waals surface area contributed by atoms with Gasteiger partial charge in [0.25, 0.3) is 0 Å². The smallest absolute Gasteiger partial charge is 0.534 e. The molecule has 0 saturated carbocycles. The van der Waals surface area contributed by atoms with E-state index >= 15 is 0 Å². The van der Waals surface area contributed by atoms with Crippen LogP contribution in [0.25, 0.3) is 0 Å². The highest BCUT2D eigenvalue weighted by molar-refractivity contribution is 7.13. The number of nitrogens with zero attached hydrogens (tertiary/aromatic N) is 1. The maximum absolute atomic E-state index is 12.9. The number of aromatic carboxylic acids is 1. The van der Waals surface area contributed by atoms with Gasteiger partial charge < -0.3 is 30.9 Å². The number of aliphatic hydroxyl groups excluding tert-OH is 1. The van der Waals surface area contributed by atoms with Gasteiger partial charge in [-0.25, -0.2) is 9.78 Å². The monoisotopic (exact) mass is 435 g/mol. The molecule has 13 heteroatoms. The second-order valence-corrected chi connectivity index (χ2v) is 7.49. The molecule has 1 aliphatic heterocycles. The summed E-state index contributed by atoms with van der Waals surface area (Å²) in [6, 6.07) is 3.56. The molecule has 2 heterocycles. The van der Waals surface area contributed by atoms with Crippen molar-refractivity contribution in [3.8, 4) is 5.75 Å². The van der Waals surface area contributed by atoms with Crippen molar-refractivity contribution in [2.24, 2.45) is 0 Å². The number of nitrogens with one attached hydrogen (secondary N) is 3. The molecule has 3 atom stereocenters. The number of hydrogen-bond acceptors (Lipinski definition) is 10. The highest BCUT2D eigenvalue weighted by Gasteiger charge is 2.39. The second kappa shape index (κ2) is 9.41. The molecular formula is C17H22BN5O6S. The Balaban J connectivity index is 1.78. The molecule has 0 spiro atoms. The second-order valence-electron chi connectivity index (χ2n) is 6.60. The van der Waals surface area contributed by atoms with Crippen LogP contribution < -0.4 is 26.3 Å². The van der Waals surface area contributed by atoms with Gasteiger partial charge in [0.2, 0.25) is 5.91 Å². The Hall–Kier alpha value is -2.71. The number of carboxylic acid groups (broad SMARTS) is 1. The molecule has 11 nitrogen and oxygen atoms in total. The standard InChI is InChI=1S/C17H22BN5O6S/c1-2-20-17(27)23-12(10-7-30-16(19)21-10)14(24)22-11-6-8-4-3-5-9(15(25)26)13(8)29-18(11)28/h3-5,7,11-12,17,20,23,27-28H,2,6H2,1H3,(H2,19,21)(H,22,24)(H,25,26)/t11-,12?,17?/m0/s1. The molecule has 3 rings (SSSR count). The number of carboxylic acids is 1. The summed E-state index contributed by atoms with van der Waals surface area (Å²) in [6.07, 6.45) is -1.02. The number of hydrogen-bond donors (Lipinski definition) is 7. The molecule has 0 fully saturated rings. The fourth-order valence-electron chi connectivity index (χ4n) is 3.12. The number of benzene rings is 1. The van der Waals surface area contributed by atoms with E-state index in [9.17, 15) is 24.8 Å². The molecule has 0 radical (unpaired) electrons. The zero-order valence-corrected chi connectivity index (χ0v) is 16.8. The Morgan fingerprint density at radius 1 is 1.47 bits per heavy atom. The zero-order chi connectivity index (χ0) is 21.8. The van der Waals surface area contributed by atoms with Crippen LogP contribution in [0.4, 0.5) is 5.13 Å². The van der Waals surface area contributed by atoms with Gasteiger partial charge in [0.1, 0.15) is 11.8 Å². The highest BCUT2D eigenvalue weighted by Crippen LogP contribution is 2.30. The lowest BCUT2D eigenvalue weighted by Crippen LogP contribution is -2.56. The van der Waals surface area contributed by atoms with Crippen molar-refractivity contribution < 1.29 is 29.5 Å². The van der Waals surface area contributed by atoms with E-state index in [0.29, 0.717) is 17.8 Å². The topological polar surface area (TPSA) is 179 Å². The maximum atomic E-state index is 12.9. The molecule has 2 unspecified atom stereocenters. The Morgan fingerprint density at radius 3 is 2.87 bits per heavy atom. The number of nitrogens with two attached hydrogens (primary N) is 1. The van der Waals surface area contributed by atoms with Crippen LogP contribution in [-0.2, 0) is 11.2 Å². The first-order valence-corrected chi connectivity index (χ1v) is 10.1. The molecule has 160 valence electrons. The average Bonchev–Trinajstić information content (AvgIpc) is 3.12. The molecular weight excluding hydrogens is 413 g/mol. The number of aliphatic hydroxyl groups is 1. The quantitative estimate of drug-likeness (QED) is 0.203. The number of rotatable bonds is 8. The van der Waals surface area contributed by atoms with Crippen molar-refractivity contribution in [3.63, 3.8) is 0 Å². The summed E-state index contributed by atoms with van der Waals surface area (Å²) in [5.74, 6) is -2.51. The summed E-state index contributed by atoms with van der Waals surface area (Å²) in [7, 11) is -1.46. The van der Waals surface area contributed by atoms with Gasteiger partial charge in [-0.2, -0.15) is 0 Å². The van der Waals surface area contributed by atoms with Crippen LogP contribution in [0.15, 0.2) is 23.6 Å². The lowest BCUT2D eigenvalue weighted by atomic mass is 9.72. The van der Waals surface area contributed by atoms with E-state index in [1.165, 1.54) is 6.07 Å². The van der Waals surface area contributed by atoms with Gasteiger partial charge in [-0.3, -0.25) is 15.4 Å². The summed E-state index contributed by atoms with van der Waals surface area (Å²) >= 11 is 1.15. The third kappa shape index (κ3) is 4.88. The van der Waals surface area contributed by atoms with E-state index in [-0.39, 0.29) is 22.9 Å². The van der Waals surface area contributed by atoms with E-state index in [0.717, 1.165) is 11.3 Å². The lowest BCUT2D eigenvalue weighted by Gasteiger charge is -2.30. The summed E-state index contributed by atoms with van der Waals surface area (Å²) in [6.45, 7) is 2.25. The fourth-order valence-corrected chi connectivity index (χ4v) is 3.71. The normalized spacial score (nSPS) is 17.6. The number of amides is 1. The number of para-hydroxylation sites is 1. The number of aromatic nitrogens is 1. The Kier molecular flexibility index (Phi) is 6.89. The van der Waals surface area contributed by atoms with Gasteiger partial charge in [-0.1, -0.05) is 19.1 Å². The van der Waals surface area contributed by atoms with Gasteiger partial charge in [0, 0.05) is 5.38 Å². The molecule has 30 heavy (non-hydrogen) atoms. The third-order valence-corrected chi connectivity index (χ3v) is 5.19. The number of carbonyl (C=O) groups excluding carboxylic acids is 1. The molecule has 0 saturated heterocycles. The molecule has 8 N–H and O–H groups in total. The summed E-state index contributed by atoms with van der Waals surface area (Å²) in [5.41, 5.74) is 6.45. The van der Waals surface area contributed by atoms with Crippen LogP contribution in [0, 0.1) is 0 Å². The van der Waals surface area contributed by atoms with E-state index in [1.54, 1.807) is 24.4 Å². The van der Waals surface area contributed by atoms with Gasteiger partial charge >= 0.3 is 13.1 Å². The molecule has 1 aromatic carbocycles. The fraction of sp³-hybridized carbons (Fsp3) is 0.353. The van der Waals surface area contributed by atoms with Gasteiger partial charge in [0.05, 0.1) is 17.2 Å². The summed E-state index contributed by atoms with van der Waals surface area (Å²) < 4.78 is 5.39. The first kappa shape index (κ1) is 22.0. The Labute approximate surface area is 176 Å². The van der Waals surface area contributed by atoms with Gasteiger partial charge in [-0.15, -0.1) is 11.3 Å². The zero-order valence-electron chi connectivity index (χ0n) is 16.0. The van der Waals surface area contributed by atoms with Crippen LogP contribution in [0.2, 0.25) is 0 Å². The summed E-state index contributed by atoms with van der Waals surface area (Å²) in [4.78, 5) is 28.4. The van der Waals surface area contributed by atoms with Crippen LogP contribution in [0.5, 0.6) is 5.75 Å². The van der Waals surface area contributed by atoms with Crippen LogP contribution >= 0.6 is 11.3 Å². The minimum atomic E-state index is -1.46. The lowest BCUT2D eigenvalue weighted by molar-refractivity contribution is -0.125. The Bertz CT molecular complexity index is 928. The van der Waals surface area contributed by atoms with Gasteiger partial charge in [-0.05, 0) is 24.6 Å². The van der Waals surface area contributed by atoms with E-state index in [2.05, 4.69) is 20.9 Å². The van der Waals surface area contributed by atoms with E-state index < -0.39 is 37.3 Å². The molecule has 2 aromatic rings. The van der Waals surface area contributed by atoms with Crippen molar-refractivity contribution in [2.75, 3.05) is 12.3 Å². The van der Waals surface area contributed by atoms with Crippen molar-refractivity contribution in [2.45, 2.75) is 31.7 Å². The van der Waals surface area contributed by atoms with Crippen LogP contribution in [0.1, 0.15) is 34.6 Å². The van der Waals surface area contributed by atoms with E-state index in [4.69, 9.17) is 10.4 Å². The van der Waals surface area contributed by atoms with E-state index in [1.807, 2.05) is 0 Å². The molecule has 0 bridgehead atoms. The molecule has 0 aliphatic carbocycles. The number of nitrogen functional groups attached to an aromatic ring is 1. The number of anilines is 1. The average molecular weight is 435 g/mol. The largest absolute Gasteiger partial charge is 0.547 e. The van der Waals surface area contributed by atoms with Crippen molar-refractivity contribution in [3.05, 3.63) is 40.4 Å². The van der Waals surface area contributed by atoms with Gasteiger partial charge in [0.15, 0.2) is 11.5 Å². The minimum absolute atomic E-state index is 0.0671. The third-order valence-electron chi connectivity index (χ3n) is 4.50. The predicted octanol–water partition coefficient (Wildman–Crippen LogP) is -0.921. The van der Waals surface area contributed by atoms with Crippen molar-refractivity contribution in [1.82, 2.24) is 20.9 Å². The highest BCUT2D eigenvalue weighted by atomic mass is 32.1. The summed E-state index contributed by atoms with van der Waals surface area (Å²) in [5, 5.41) is 39.6. The number of fused-ring (bicyclic) bond motifs is 1. The number of thiazole rings is 1. The maximum Gasteiger partial charge on any atom is 0.547 e. The molecule has 1 aliphatic rings. The SMILES string of the molecule is CCNC(O)NC(C(=O)N[C@H]1Cc2cccc(C(=O)O)c2OB1O)c1csc(N)n1. The molecule has 1 aromatic heterocycles. The predicted molar refractivity (Wildman–Crippen MR) is 110 cm³/mol. The van der Waals surface area contributed by atoms with Crippen LogP contribution in [0.3, 0.4) is 0 Å². The Morgan fingerprint density at radius 2 is 2.23 bits per heavy atom. The van der Waals surface area contributed by atoms with Crippen molar-refractivity contribution in [1.29, 1.82) is 0 Å². The molecule has 1 amide bonds. The number of carbonyl (C=O) groups is 2.